The van der Waals surface area contributed by atoms with E-state index in [1.165, 1.54) is 12.0 Å². The molecule has 0 aliphatic rings. The number of pyridine rings is 1. The Kier molecular flexibility index (Phi) is 5.02. The first-order valence-corrected chi connectivity index (χ1v) is 8.00. The normalized spacial score (nSPS) is 11.1. The Morgan fingerprint density at radius 2 is 1.59 bits per heavy atom. The van der Waals surface area contributed by atoms with Crippen LogP contribution >= 0.6 is 0 Å². The highest BCUT2D eigenvalue weighted by Crippen LogP contribution is 2.25. The number of hydrogen-bond donors (Lipinski definition) is 0. The molecule has 2 heteroatoms. The van der Waals surface area contributed by atoms with E-state index in [-0.39, 0.29) is 5.41 Å². The summed E-state index contributed by atoms with van der Waals surface area (Å²) in [5.41, 5.74) is 4.71. The maximum atomic E-state index is 4.64. The van der Waals surface area contributed by atoms with Crippen LogP contribution in [0.4, 0.5) is 0 Å². The van der Waals surface area contributed by atoms with E-state index in [9.17, 15) is 0 Å². The summed E-state index contributed by atoms with van der Waals surface area (Å²) in [5.74, 6) is 0. The zero-order valence-electron chi connectivity index (χ0n) is 14.3. The lowest BCUT2D eigenvalue weighted by molar-refractivity contribution is 0.590. The van der Waals surface area contributed by atoms with Gasteiger partial charge in [0.15, 0.2) is 0 Å². The lowest BCUT2D eigenvalue weighted by atomic mass is 9.86. The maximum absolute atomic E-state index is 4.64. The van der Waals surface area contributed by atoms with Gasteiger partial charge in [0.05, 0.1) is 5.69 Å². The van der Waals surface area contributed by atoms with Gasteiger partial charge in [-0.3, -0.25) is 0 Å². The second-order valence-corrected chi connectivity index (χ2v) is 6.63. The van der Waals surface area contributed by atoms with Crippen molar-refractivity contribution in [2.24, 2.45) is 0 Å². The topological polar surface area (TPSA) is 17.3 Å². The van der Waals surface area contributed by atoms with E-state index >= 15 is 0 Å². The van der Waals surface area contributed by atoms with Crippen molar-refractivity contribution in [1.29, 1.82) is 0 Å². The number of fused-ring (bicyclic) bond motifs is 1. The molecule has 0 spiro atoms. The predicted octanol–water partition coefficient (Wildman–Crippen LogP) is 5.72. The van der Waals surface area contributed by atoms with Gasteiger partial charge in [-0.15, -0.1) is 0 Å². The number of rotatable bonds is 1. The Balaban J connectivity index is 0.000000545. The van der Waals surface area contributed by atoms with E-state index in [1.807, 2.05) is 28.8 Å². The summed E-state index contributed by atoms with van der Waals surface area (Å²) in [4.78, 5) is 4.64. The van der Waals surface area contributed by atoms with Crippen LogP contribution in [-0.4, -0.2) is 9.38 Å². The Morgan fingerprint density at radius 3 is 2.14 bits per heavy atom. The third-order valence-electron chi connectivity index (χ3n) is 3.41. The maximum Gasteiger partial charge on any atom is 0.137 e. The van der Waals surface area contributed by atoms with Gasteiger partial charge in [0.25, 0.3) is 0 Å². The van der Waals surface area contributed by atoms with E-state index < -0.39 is 0 Å². The van der Waals surface area contributed by atoms with E-state index in [0.29, 0.717) is 0 Å². The minimum Gasteiger partial charge on any atom is -0.306 e. The Labute approximate surface area is 133 Å². The lowest BCUT2D eigenvalue weighted by Gasteiger charge is -2.18. The molecular formula is C20H26N2. The summed E-state index contributed by atoms with van der Waals surface area (Å²) in [6.45, 7) is 10.9. The third-order valence-corrected chi connectivity index (χ3v) is 3.41. The van der Waals surface area contributed by atoms with Crippen LogP contribution < -0.4 is 0 Å². The standard InChI is InChI=1S/C17H18N2.C3H8/c1-17(2,3)14-9-7-13(8-10-14)15-12-19-11-5-4-6-16(19)18-15;1-3-2/h4-12H,1-3H3;3H2,1-2H3. The van der Waals surface area contributed by atoms with Gasteiger partial charge >= 0.3 is 0 Å². The van der Waals surface area contributed by atoms with Crippen molar-refractivity contribution in [2.75, 3.05) is 0 Å². The molecule has 0 atom stereocenters. The number of hydrogen-bond acceptors (Lipinski definition) is 1. The van der Waals surface area contributed by atoms with Crippen molar-refractivity contribution in [3.8, 4) is 11.3 Å². The number of aromatic nitrogens is 2. The quantitative estimate of drug-likeness (QED) is 0.561. The number of benzene rings is 1. The fourth-order valence-corrected chi connectivity index (χ4v) is 2.21. The van der Waals surface area contributed by atoms with Crippen molar-refractivity contribution < 1.29 is 0 Å². The minimum atomic E-state index is 0.192. The second kappa shape index (κ2) is 6.78. The molecule has 0 fully saturated rings. The van der Waals surface area contributed by atoms with E-state index in [0.717, 1.165) is 16.9 Å². The van der Waals surface area contributed by atoms with Gasteiger partial charge in [0.2, 0.25) is 0 Å². The summed E-state index contributed by atoms with van der Waals surface area (Å²) >= 11 is 0. The molecule has 2 nitrogen and oxygen atoms in total. The van der Waals surface area contributed by atoms with E-state index in [2.05, 4.69) is 70.1 Å². The molecule has 0 saturated carbocycles. The van der Waals surface area contributed by atoms with Gasteiger partial charge in [-0.2, -0.15) is 0 Å². The lowest BCUT2D eigenvalue weighted by Crippen LogP contribution is -2.10. The average Bonchev–Trinajstić information content (AvgIpc) is 2.91. The van der Waals surface area contributed by atoms with Gasteiger partial charge in [0.1, 0.15) is 5.65 Å². The van der Waals surface area contributed by atoms with Gasteiger partial charge in [-0.1, -0.05) is 71.4 Å². The van der Waals surface area contributed by atoms with Crippen molar-refractivity contribution in [3.63, 3.8) is 0 Å². The average molecular weight is 294 g/mol. The molecule has 2 aromatic heterocycles. The largest absolute Gasteiger partial charge is 0.306 e. The molecule has 22 heavy (non-hydrogen) atoms. The molecule has 3 aromatic rings. The molecule has 1 aromatic carbocycles. The Bertz CT molecular complexity index is 682. The van der Waals surface area contributed by atoms with E-state index in [1.54, 1.807) is 0 Å². The molecule has 0 bridgehead atoms. The minimum absolute atomic E-state index is 0.192. The van der Waals surface area contributed by atoms with Crippen LogP contribution in [0.15, 0.2) is 54.9 Å². The summed E-state index contributed by atoms with van der Waals surface area (Å²) in [5, 5.41) is 0. The van der Waals surface area contributed by atoms with Gasteiger partial charge in [-0.05, 0) is 23.1 Å². The first kappa shape index (κ1) is 16.3. The summed E-state index contributed by atoms with van der Waals surface area (Å²) in [7, 11) is 0. The monoisotopic (exact) mass is 294 g/mol. The zero-order valence-corrected chi connectivity index (χ0v) is 14.3. The smallest absolute Gasteiger partial charge is 0.137 e. The fourth-order valence-electron chi connectivity index (χ4n) is 2.21. The molecule has 0 radical (unpaired) electrons. The molecule has 116 valence electrons. The molecule has 0 N–H and O–H groups in total. The fraction of sp³-hybridized carbons (Fsp3) is 0.350. The molecule has 3 rings (SSSR count). The van der Waals surface area contributed by atoms with Crippen LogP contribution in [0.2, 0.25) is 0 Å². The molecular weight excluding hydrogens is 268 g/mol. The SMILES string of the molecule is CC(C)(C)c1ccc(-c2cn3ccccc3n2)cc1.CCC. The zero-order chi connectivity index (χ0) is 16.2. The highest BCUT2D eigenvalue weighted by atomic mass is 15.0. The number of nitrogens with zero attached hydrogens (tertiary/aromatic N) is 2. The summed E-state index contributed by atoms with van der Waals surface area (Å²) in [6, 6.07) is 14.7. The molecule has 0 saturated heterocycles. The molecule has 0 unspecified atom stereocenters. The van der Waals surface area contributed by atoms with Gasteiger partial charge in [-0.25, -0.2) is 4.98 Å². The first-order chi connectivity index (χ1) is 10.5. The first-order valence-electron chi connectivity index (χ1n) is 8.00. The summed E-state index contributed by atoms with van der Waals surface area (Å²) < 4.78 is 2.05. The highest BCUT2D eigenvalue weighted by molar-refractivity contribution is 5.63. The molecule has 0 amide bonds. The van der Waals surface area contributed by atoms with Crippen LogP contribution in [0.5, 0.6) is 0 Å². The van der Waals surface area contributed by atoms with Crippen LogP contribution in [0.25, 0.3) is 16.9 Å². The van der Waals surface area contributed by atoms with Gasteiger partial charge in [0, 0.05) is 18.0 Å². The number of imidazole rings is 1. The van der Waals surface area contributed by atoms with Crippen molar-refractivity contribution in [3.05, 3.63) is 60.4 Å². The molecule has 0 aliphatic heterocycles. The highest BCUT2D eigenvalue weighted by Gasteiger charge is 2.13. The van der Waals surface area contributed by atoms with Gasteiger partial charge < -0.3 is 4.40 Å². The third kappa shape index (κ3) is 3.76. The van der Waals surface area contributed by atoms with Crippen molar-refractivity contribution in [1.82, 2.24) is 9.38 Å². The van der Waals surface area contributed by atoms with E-state index in [4.69, 9.17) is 0 Å². The van der Waals surface area contributed by atoms with Crippen LogP contribution in [-0.2, 0) is 5.41 Å². The van der Waals surface area contributed by atoms with Crippen LogP contribution in [0.3, 0.4) is 0 Å². The van der Waals surface area contributed by atoms with Crippen molar-refractivity contribution in [2.45, 2.75) is 46.5 Å². The van der Waals surface area contributed by atoms with Crippen LogP contribution in [0, 0.1) is 0 Å². The molecule has 0 aliphatic carbocycles. The second-order valence-electron chi connectivity index (χ2n) is 6.63. The van der Waals surface area contributed by atoms with Crippen LogP contribution in [0.1, 0.15) is 46.6 Å². The summed E-state index contributed by atoms with van der Waals surface area (Å²) in [6.07, 6.45) is 5.34. The molecule has 2 heterocycles. The van der Waals surface area contributed by atoms with Crippen molar-refractivity contribution >= 4 is 5.65 Å². The predicted molar refractivity (Wildman–Crippen MR) is 95.3 cm³/mol. The Hall–Kier alpha value is -2.09. The Morgan fingerprint density at radius 1 is 0.955 bits per heavy atom.